The van der Waals surface area contributed by atoms with Crippen molar-refractivity contribution in [2.75, 3.05) is 6.61 Å². The molecule has 0 spiro atoms. The Bertz CT molecular complexity index is 434. The van der Waals surface area contributed by atoms with Crippen LogP contribution in [0, 0.1) is 12.8 Å². The Labute approximate surface area is 121 Å². The summed E-state index contributed by atoms with van der Waals surface area (Å²) >= 11 is 3.43. The molecule has 1 aromatic rings. The number of hydrogen-bond acceptors (Lipinski definition) is 1. The van der Waals surface area contributed by atoms with Gasteiger partial charge in [-0.1, -0.05) is 34.1 Å². The van der Waals surface area contributed by atoms with Gasteiger partial charge < -0.3 is 4.74 Å². The summed E-state index contributed by atoms with van der Waals surface area (Å²) in [4.78, 5) is 0. The number of alkyl halides is 3. The molecule has 106 valence electrons. The van der Waals surface area contributed by atoms with Gasteiger partial charge in [0.2, 0.25) is 5.92 Å². The van der Waals surface area contributed by atoms with E-state index in [1.54, 1.807) is 0 Å². The molecule has 0 aliphatic heterocycles. The summed E-state index contributed by atoms with van der Waals surface area (Å²) in [7, 11) is 0. The fourth-order valence-corrected chi connectivity index (χ4v) is 3.09. The van der Waals surface area contributed by atoms with Crippen LogP contribution in [0.1, 0.15) is 36.8 Å². The summed E-state index contributed by atoms with van der Waals surface area (Å²) in [6.07, 6.45) is 1.42. The molecule has 1 unspecified atom stereocenters. The monoisotopic (exact) mass is 332 g/mol. The third kappa shape index (κ3) is 3.91. The Morgan fingerprint density at radius 3 is 2.89 bits per heavy atom. The molecule has 0 aromatic heterocycles. The molecule has 1 aliphatic carbocycles. The van der Waals surface area contributed by atoms with E-state index >= 15 is 0 Å². The fraction of sp³-hybridized carbons (Fsp3) is 0.600. The molecule has 0 radical (unpaired) electrons. The molecule has 0 amide bonds. The Kier molecular flexibility index (Phi) is 4.82. The van der Waals surface area contributed by atoms with Crippen LogP contribution in [-0.4, -0.2) is 12.5 Å². The van der Waals surface area contributed by atoms with Gasteiger partial charge in [-0.2, -0.15) is 0 Å². The summed E-state index contributed by atoms with van der Waals surface area (Å²) in [6, 6.07) is 5.96. The first-order valence-electron chi connectivity index (χ1n) is 6.67. The van der Waals surface area contributed by atoms with E-state index in [-0.39, 0.29) is 18.8 Å². The number of halogens is 3. The zero-order valence-corrected chi connectivity index (χ0v) is 12.7. The summed E-state index contributed by atoms with van der Waals surface area (Å²) in [5.41, 5.74) is 2.13. The lowest BCUT2D eigenvalue weighted by Gasteiger charge is -2.29. The van der Waals surface area contributed by atoms with Gasteiger partial charge in [0, 0.05) is 23.7 Å². The summed E-state index contributed by atoms with van der Waals surface area (Å²) in [5, 5.41) is 0.713. The lowest BCUT2D eigenvalue weighted by atomic mass is 9.87. The largest absolute Gasteiger partial charge is 0.493 e. The van der Waals surface area contributed by atoms with E-state index in [1.807, 2.05) is 25.1 Å². The minimum atomic E-state index is -2.50. The Hall–Kier alpha value is -0.640. The quantitative estimate of drug-likeness (QED) is 0.697. The van der Waals surface area contributed by atoms with Crippen LogP contribution in [0.5, 0.6) is 5.75 Å². The van der Waals surface area contributed by atoms with Crippen molar-refractivity contribution in [1.82, 2.24) is 0 Å². The highest BCUT2D eigenvalue weighted by Crippen LogP contribution is 2.37. The van der Waals surface area contributed by atoms with Gasteiger partial charge in [0.05, 0.1) is 6.61 Å². The first-order valence-corrected chi connectivity index (χ1v) is 7.79. The number of ether oxygens (including phenoxy) is 1. The van der Waals surface area contributed by atoms with Crippen LogP contribution >= 0.6 is 15.9 Å². The predicted octanol–water partition coefficient (Wildman–Crippen LogP) is 5.09. The van der Waals surface area contributed by atoms with Crippen molar-refractivity contribution in [1.29, 1.82) is 0 Å². The van der Waals surface area contributed by atoms with E-state index in [2.05, 4.69) is 15.9 Å². The first kappa shape index (κ1) is 14.8. The van der Waals surface area contributed by atoms with Crippen LogP contribution in [-0.2, 0) is 5.33 Å². The number of rotatable bonds is 4. The lowest BCUT2D eigenvalue weighted by Crippen LogP contribution is -2.29. The molecule has 19 heavy (non-hydrogen) atoms. The molecule has 0 heterocycles. The molecule has 0 saturated heterocycles. The van der Waals surface area contributed by atoms with Gasteiger partial charge in [0.25, 0.3) is 0 Å². The van der Waals surface area contributed by atoms with E-state index in [9.17, 15) is 8.78 Å². The molecule has 0 N–H and O–H groups in total. The average Bonchev–Trinajstić information content (AvgIpc) is 2.36. The van der Waals surface area contributed by atoms with E-state index in [0.29, 0.717) is 18.4 Å². The third-order valence-corrected chi connectivity index (χ3v) is 4.25. The SMILES string of the molecule is Cc1cccc(CBr)c1OCC1CCCC(F)(F)C1. The van der Waals surface area contributed by atoms with Gasteiger partial charge in [-0.25, -0.2) is 8.78 Å². The van der Waals surface area contributed by atoms with Crippen molar-refractivity contribution in [2.24, 2.45) is 5.92 Å². The summed E-state index contributed by atoms with van der Waals surface area (Å²) < 4.78 is 32.5. The Balaban J connectivity index is 1.99. The highest BCUT2D eigenvalue weighted by molar-refractivity contribution is 9.08. The van der Waals surface area contributed by atoms with Gasteiger partial charge >= 0.3 is 0 Å². The molecule has 0 bridgehead atoms. The smallest absolute Gasteiger partial charge is 0.248 e. The topological polar surface area (TPSA) is 9.23 Å². The van der Waals surface area contributed by atoms with Crippen molar-refractivity contribution in [2.45, 2.75) is 43.9 Å². The predicted molar refractivity (Wildman–Crippen MR) is 76.2 cm³/mol. The van der Waals surface area contributed by atoms with Gasteiger partial charge in [-0.3, -0.25) is 0 Å². The molecule has 2 rings (SSSR count). The number of hydrogen-bond donors (Lipinski definition) is 0. The van der Waals surface area contributed by atoms with Crippen molar-refractivity contribution in [3.05, 3.63) is 29.3 Å². The van der Waals surface area contributed by atoms with Crippen LogP contribution in [0.4, 0.5) is 8.78 Å². The van der Waals surface area contributed by atoms with Crippen molar-refractivity contribution < 1.29 is 13.5 Å². The summed E-state index contributed by atoms with van der Waals surface area (Å²) in [5.74, 6) is -1.70. The van der Waals surface area contributed by atoms with Crippen LogP contribution in [0.3, 0.4) is 0 Å². The molecule has 1 fully saturated rings. The maximum absolute atomic E-state index is 13.3. The van der Waals surface area contributed by atoms with E-state index in [0.717, 1.165) is 23.3 Å². The molecular weight excluding hydrogens is 314 g/mol. The normalized spacial score (nSPS) is 22.2. The Morgan fingerprint density at radius 2 is 2.21 bits per heavy atom. The maximum Gasteiger partial charge on any atom is 0.248 e. The van der Waals surface area contributed by atoms with Crippen LogP contribution in [0.25, 0.3) is 0 Å². The maximum atomic E-state index is 13.3. The molecule has 1 nitrogen and oxygen atoms in total. The minimum Gasteiger partial charge on any atom is -0.493 e. The Morgan fingerprint density at radius 1 is 1.42 bits per heavy atom. The number of aryl methyl sites for hydroxylation is 1. The van der Waals surface area contributed by atoms with Crippen molar-refractivity contribution in [3.63, 3.8) is 0 Å². The first-order chi connectivity index (χ1) is 9.02. The van der Waals surface area contributed by atoms with Crippen LogP contribution in [0.2, 0.25) is 0 Å². The molecule has 1 atom stereocenters. The molecule has 1 aromatic carbocycles. The molecule has 1 aliphatic rings. The van der Waals surface area contributed by atoms with Gasteiger partial charge in [0.15, 0.2) is 0 Å². The number of benzene rings is 1. The highest BCUT2D eigenvalue weighted by Gasteiger charge is 2.36. The second-order valence-electron chi connectivity index (χ2n) is 5.33. The minimum absolute atomic E-state index is 0.0283. The second-order valence-corrected chi connectivity index (χ2v) is 5.89. The standard InChI is InChI=1S/C15H19BrF2O/c1-11-4-2-6-13(9-16)14(11)19-10-12-5-3-7-15(17,18)8-12/h2,4,6,12H,3,5,7-10H2,1H3. The zero-order valence-electron chi connectivity index (χ0n) is 11.1. The van der Waals surface area contributed by atoms with Gasteiger partial charge in [-0.05, 0) is 31.2 Å². The third-order valence-electron chi connectivity index (χ3n) is 3.64. The van der Waals surface area contributed by atoms with E-state index < -0.39 is 5.92 Å². The van der Waals surface area contributed by atoms with Crippen molar-refractivity contribution >= 4 is 15.9 Å². The van der Waals surface area contributed by atoms with Gasteiger partial charge in [0.1, 0.15) is 5.75 Å². The highest BCUT2D eigenvalue weighted by atomic mass is 79.9. The van der Waals surface area contributed by atoms with Crippen LogP contribution < -0.4 is 4.74 Å². The average molecular weight is 333 g/mol. The van der Waals surface area contributed by atoms with E-state index in [4.69, 9.17) is 4.74 Å². The fourth-order valence-electron chi connectivity index (χ4n) is 2.64. The molecule has 4 heteroatoms. The zero-order chi connectivity index (χ0) is 13.9. The molecule has 1 saturated carbocycles. The summed E-state index contributed by atoms with van der Waals surface area (Å²) in [6.45, 7) is 2.37. The lowest BCUT2D eigenvalue weighted by molar-refractivity contribution is -0.0585. The van der Waals surface area contributed by atoms with Gasteiger partial charge in [-0.15, -0.1) is 0 Å². The van der Waals surface area contributed by atoms with E-state index in [1.165, 1.54) is 0 Å². The molecular formula is C15H19BrF2O. The number of para-hydroxylation sites is 1. The second kappa shape index (κ2) is 6.21. The van der Waals surface area contributed by atoms with Crippen LogP contribution in [0.15, 0.2) is 18.2 Å². The van der Waals surface area contributed by atoms with Crippen molar-refractivity contribution in [3.8, 4) is 5.75 Å².